The smallest absolute Gasteiger partial charge is 0.244 e. The van der Waals surface area contributed by atoms with Gasteiger partial charge >= 0.3 is 0 Å². The van der Waals surface area contributed by atoms with Crippen molar-refractivity contribution in [2.24, 2.45) is 5.73 Å². The van der Waals surface area contributed by atoms with Crippen molar-refractivity contribution in [3.05, 3.63) is 23.2 Å². The predicted molar refractivity (Wildman–Crippen MR) is 81.3 cm³/mol. The fourth-order valence-electron chi connectivity index (χ4n) is 2.54. The van der Waals surface area contributed by atoms with Gasteiger partial charge in [-0.05, 0) is 38.0 Å². The molecule has 20 heavy (non-hydrogen) atoms. The van der Waals surface area contributed by atoms with E-state index < -0.39 is 5.54 Å². The normalized spacial score (nSPS) is 17.6. The molecule has 1 fully saturated rings. The van der Waals surface area contributed by atoms with E-state index in [1.807, 2.05) is 6.92 Å². The second-order valence-corrected chi connectivity index (χ2v) is 5.68. The highest BCUT2D eigenvalue weighted by atomic mass is 35.5. The molecule has 0 aliphatic heterocycles. The maximum Gasteiger partial charge on any atom is 0.244 e. The lowest BCUT2D eigenvalue weighted by Crippen LogP contribution is -2.52. The number of rotatable bonds is 4. The summed E-state index contributed by atoms with van der Waals surface area (Å²) in [6.45, 7) is 2.42. The van der Waals surface area contributed by atoms with Gasteiger partial charge in [-0.15, -0.1) is 0 Å². The molecule has 110 valence electrons. The van der Waals surface area contributed by atoms with E-state index in [-0.39, 0.29) is 5.91 Å². The molecule has 0 radical (unpaired) electrons. The summed E-state index contributed by atoms with van der Waals surface area (Å²) in [5, 5.41) is 3.43. The largest absolute Gasteiger partial charge is 0.492 e. The molecule has 0 atom stereocenters. The molecular weight excluding hydrogens is 276 g/mol. The van der Waals surface area contributed by atoms with E-state index in [0.29, 0.717) is 23.1 Å². The number of carbonyl (C=O) groups excluding carboxylic acids is 1. The fraction of sp³-hybridized carbons (Fsp3) is 0.533. The molecule has 0 saturated heterocycles. The van der Waals surface area contributed by atoms with Gasteiger partial charge in [-0.25, -0.2) is 0 Å². The molecular formula is C15H21ClN2O2. The molecule has 1 aliphatic rings. The van der Waals surface area contributed by atoms with Crippen LogP contribution in [0.2, 0.25) is 5.02 Å². The second kappa shape index (κ2) is 6.46. The Kier molecular flexibility index (Phi) is 4.89. The van der Waals surface area contributed by atoms with E-state index in [1.165, 1.54) is 0 Å². The topological polar surface area (TPSA) is 64.3 Å². The van der Waals surface area contributed by atoms with Gasteiger partial charge in [-0.2, -0.15) is 0 Å². The first kappa shape index (κ1) is 15.1. The average molecular weight is 297 g/mol. The third kappa shape index (κ3) is 3.44. The van der Waals surface area contributed by atoms with Gasteiger partial charge in [0.2, 0.25) is 5.91 Å². The van der Waals surface area contributed by atoms with Crippen molar-refractivity contribution in [3.63, 3.8) is 0 Å². The molecule has 4 nitrogen and oxygen atoms in total. The lowest BCUT2D eigenvalue weighted by molar-refractivity contribution is -0.122. The van der Waals surface area contributed by atoms with Crippen LogP contribution in [0, 0.1) is 0 Å². The average Bonchev–Trinajstić information content (AvgIpc) is 2.43. The van der Waals surface area contributed by atoms with Crippen LogP contribution >= 0.6 is 11.6 Å². The van der Waals surface area contributed by atoms with Gasteiger partial charge < -0.3 is 15.8 Å². The van der Waals surface area contributed by atoms with Gasteiger partial charge in [0.1, 0.15) is 5.75 Å². The minimum Gasteiger partial charge on any atom is -0.492 e. The van der Waals surface area contributed by atoms with Crippen LogP contribution in [0.1, 0.15) is 39.0 Å². The maximum absolute atomic E-state index is 12.4. The number of ether oxygens (including phenoxy) is 1. The molecule has 0 unspecified atom stereocenters. The van der Waals surface area contributed by atoms with Crippen molar-refractivity contribution in [2.45, 2.75) is 44.6 Å². The third-order valence-electron chi connectivity index (χ3n) is 3.69. The zero-order valence-corrected chi connectivity index (χ0v) is 12.5. The number of amides is 1. The van der Waals surface area contributed by atoms with E-state index in [0.717, 1.165) is 32.1 Å². The highest BCUT2D eigenvalue weighted by molar-refractivity contribution is 6.31. The number of benzene rings is 1. The van der Waals surface area contributed by atoms with E-state index in [2.05, 4.69) is 5.32 Å². The van der Waals surface area contributed by atoms with E-state index in [1.54, 1.807) is 18.2 Å². The van der Waals surface area contributed by atoms with E-state index >= 15 is 0 Å². The predicted octanol–water partition coefficient (Wildman–Crippen LogP) is 3.34. The third-order valence-corrected chi connectivity index (χ3v) is 3.92. The minimum absolute atomic E-state index is 0.152. The van der Waals surface area contributed by atoms with Gasteiger partial charge in [-0.1, -0.05) is 30.9 Å². The van der Waals surface area contributed by atoms with Crippen molar-refractivity contribution in [1.29, 1.82) is 0 Å². The summed E-state index contributed by atoms with van der Waals surface area (Å²) < 4.78 is 5.50. The Morgan fingerprint density at radius 3 is 2.75 bits per heavy atom. The standard InChI is InChI=1S/C15H21ClN2O2/c1-2-20-13-7-6-11(16)10-12(13)18-14(19)15(17)8-4-3-5-9-15/h6-7,10H,2-5,8-9,17H2,1H3,(H,18,19). The molecule has 3 N–H and O–H groups in total. The molecule has 1 aromatic carbocycles. The Balaban J connectivity index is 2.16. The zero-order chi connectivity index (χ0) is 14.6. The molecule has 0 bridgehead atoms. The SMILES string of the molecule is CCOc1ccc(Cl)cc1NC(=O)C1(N)CCCCC1. The van der Waals surface area contributed by atoms with Gasteiger partial charge in [0.05, 0.1) is 17.8 Å². The number of hydrogen-bond donors (Lipinski definition) is 2. The molecule has 0 aromatic heterocycles. The Hall–Kier alpha value is -1.26. The molecule has 1 aliphatic carbocycles. The van der Waals surface area contributed by atoms with Crippen LogP contribution in [0.15, 0.2) is 18.2 Å². The zero-order valence-electron chi connectivity index (χ0n) is 11.7. The summed E-state index contributed by atoms with van der Waals surface area (Å²) >= 11 is 5.98. The van der Waals surface area contributed by atoms with Gasteiger partial charge in [-0.3, -0.25) is 4.79 Å². The van der Waals surface area contributed by atoms with Gasteiger partial charge in [0, 0.05) is 5.02 Å². The summed E-state index contributed by atoms with van der Waals surface area (Å²) in [4.78, 5) is 12.4. The molecule has 2 rings (SSSR count). The van der Waals surface area contributed by atoms with Crippen LogP contribution in [-0.4, -0.2) is 18.1 Å². The number of carbonyl (C=O) groups is 1. The highest BCUT2D eigenvalue weighted by Crippen LogP contribution is 2.31. The first-order valence-electron chi connectivity index (χ1n) is 7.08. The number of halogens is 1. The molecule has 1 amide bonds. The second-order valence-electron chi connectivity index (χ2n) is 5.24. The monoisotopic (exact) mass is 296 g/mol. The fourth-order valence-corrected chi connectivity index (χ4v) is 2.71. The summed E-state index contributed by atoms with van der Waals surface area (Å²) in [5.74, 6) is 0.463. The number of nitrogens with two attached hydrogens (primary N) is 1. The molecule has 1 aromatic rings. The Morgan fingerprint density at radius 1 is 1.40 bits per heavy atom. The molecule has 0 spiro atoms. The van der Waals surface area contributed by atoms with Crippen LogP contribution in [0.4, 0.5) is 5.69 Å². The van der Waals surface area contributed by atoms with E-state index in [4.69, 9.17) is 22.1 Å². The summed E-state index contributed by atoms with van der Waals surface area (Å²) in [5.41, 5.74) is 6.04. The first-order chi connectivity index (χ1) is 9.55. The van der Waals surface area contributed by atoms with Crippen molar-refractivity contribution in [1.82, 2.24) is 0 Å². The summed E-state index contributed by atoms with van der Waals surface area (Å²) in [7, 11) is 0. The minimum atomic E-state index is -0.774. The maximum atomic E-state index is 12.4. The van der Waals surface area contributed by atoms with Crippen LogP contribution in [0.5, 0.6) is 5.75 Å². The Labute approximate surface area is 124 Å². The lowest BCUT2D eigenvalue weighted by Gasteiger charge is -2.32. The summed E-state index contributed by atoms with van der Waals surface area (Å²) in [6.07, 6.45) is 4.59. The molecule has 0 heterocycles. The van der Waals surface area contributed by atoms with Crippen LogP contribution in [0.25, 0.3) is 0 Å². The van der Waals surface area contributed by atoms with Crippen LogP contribution in [-0.2, 0) is 4.79 Å². The highest BCUT2D eigenvalue weighted by Gasteiger charge is 2.35. The molecule has 1 saturated carbocycles. The van der Waals surface area contributed by atoms with Crippen LogP contribution in [0.3, 0.4) is 0 Å². The summed E-state index contributed by atoms with van der Waals surface area (Å²) in [6, 6.07) is 5.18. The number of hydrogen-bond acceptors (Lipinski definition) is 3. The Morgan fingerprint density at radius 2 is 2.10 bits per heavy atom. The number of anilines is 1. The number of nitrogens with one attached hydrogen (secondary N) is 1. The van der Waals surface area contributed by atoms with Crippen molar-refractivity contribution >= 4 is 23.2 Å². The quantitative estimate of drug-likeness (QED) is 0.895. The van der Waals surface area contributed by atoms with Crippen molar-refractivity contribution < 1.29 is 9.53 Å². The van der Waals surface area contributed by atoms with Crippen LogP contribution < -0.4 is 15.8 Å². The van der Waals surface area contributed by atoms with Crippen molar-refractivity contribution in [2.75, 3.05) is 11.9 Å². The lowest BCUT2D eigenvalue weighted by atomic mass is 9.82. The van der Waals surface area contributed by atoms with E-state index in [9.17, 15) is 4.79 Å². The first-order valence-corrected chi connectivity index (χ1v) is 7.45. The van der Waals surface area contributed by atoms with Gasteiger partial charge in [0.25, 0.3) is 0 Å². The Bertz CT molecular complexity index is 485. The molecule has 5 heteroatoms. The van der Waals surface area contributed by atoms with Crippen molar-refractivity contribution in [3.8, 4) is 5.75 Å². The van der Waals surface area contributed by atoms with Gasteiger partial charge in [0.15, 0.2) is 0 Å².